The van der Waals surface area contributed by atoms with E-state index in [9.17, 15) is 9.59 Å². The lowest BCUT2D eigenvalue weighted by Crippen LogP contribution is -2.12. The third kappa shape index (κ3) is 3.55. The van der Waals surface area contributed by atoms with Crippen molar-refractivity contribution in [1.29, 1.82) is 0 Å². The van der Waals surface area contributed by atoms with Gasteiger partial charge in [0.15, 0.2) is 0 Å². The van der Waals surface area contributed by atoms with Crippen molar-refractivity contribution in [3.63, 3.8) is 0 Å². The van der Waals surface area contributed by atoms with Crippen molar-refractivity contribution in [2.75, 3.05) is 16.4 Å². The van der Waals surface area contributed by atoms with Crippen molar-refractivity contribution < 1.29 is 9.59 Å². The minimum Gasteiger partial charge on any atom is -0.397 e. The van der Waals surface area contributed by atoms with E-state index in [1.807, 2.05) is 0 Å². The number of hydrogen-bond acceptors (Lipinski definition) is 4. The molecule has 102 valence electrons. The molecule has 0 bridgehead atoms. The number of amides is 2. The summed E-state index contributed by atoms with van der Waals surface area (Å²) in [5.41, 5.74) is 7.67. The van der Waals surface area contributed by atoms with Crippen LogP contribution in [-0.4, -0.2) is 16.8 Å². The molecule has 0 aliphatic carbocycles. The Balaban J connectivity index is 2.06. The fourth-order valence-corrected chi connectivity index (χ4v) is 1.63. The van der Waals surface area contributed by atoms with Gasteiger partial charge in [0.2, 0.25) is 5.91 Å². The van der Waals surface area contributed by atoms with E-state index in [1.54, 1.807) is 30.3 Å². The normalized spacial score (nSPS) is 9.85. The van der Waals surface area contributed by atoms with E-state index >= 15 is 0 Å². The average molecular weight is 270 g/mol. The molecule has 2 amide bonds. The van der Waals surface area contributed by atoms with Crippen molar-refractivity contribution >= 4 is 28.9 Å². The van der Waals surface area contributed by atoms with Crippen LogP contribution in [0.25, 0.3) is 0 Å². The van der Waals surface area contributed by atoms with E-state index in [0.29, 0.717) is 22.6 Å². The first kappa shape index (κ1) is 13.5. The Labute approximate surface area is 116 Å². The third-order valence-corrected chi connectivity index (χ3v) is 2.48. The number of anilines is 3. The van der Waals surface area contributed by atoms with E-state index in [2.05, 4.69) is 15.6 Å². The van der Waals surface area contributed by atoms with Gasteiger partial charge in [-0.2, -0.15) is 0 Å². The number of aromatic nitrogens is 1. The molecule has 0 spiro atoms. The summed E-state index contributed by atoms with van der Waals surface area (Å²) < 4.78 is 0. The van der Waals surface area contributed by atoms with Gasteiger partial charge < -0.3 is 16.4 Å². The van der Waals surface area contributed by atoms with Crippen molar-refractivity contribution in [3.05, 3.63) is 48.3 Å². The van der Waals surface area contributed by atoms with Crippen LogP contribution in [-0.2, 0) is 4.79 Å². The van der Waals surface area contributed by atoms with Crippen molar-refractivity contribution in [2.24, 2.45) is 0 Å². The molecule has 4 N–H and O–H groups in total. The second kappa shape index (κ2) is 5.83. The Morgan fingerprint density at radius 3 is 2.20 bits per heavy atom. The Morgan fingerprint density at radius 2 is 1.65 bits per heavy atom. The molecule has 0 atom stereocenters. The number of hydrogen-bond donors (Lipinski definition) is 3. The summed E-state index contributed by atoms with van der Waals surface area (Å²) in [6.07, 6.45) is 2.91. The molecule has 0 radical (unpaired) electrons. The van der Waals surface area contributed by atoms with Crippen LogP contribution >= 0.6 is 0 Å². The molecule has 6 heteroatoms. The topological polar surface area (TPSA) is 97.1 Å². The number of pyridine rings is 1. The van der Waals surface area contributed by atoms with Crippen molar-refractivity contribution in [2.45, 2.75) is 6.92 Å². The van der Waals surface area contributed by atoms with Crippen LogP contribution in [0.3, 0.4) is 0 Å². The van der Waals surface area contributed by atoms with Gasteiger partial charge in [0.05, 0.1) is 11.3 Å². The maximum absolute atomic E-state index is 12.0. The molecule has 1 aromatic carbocycles. The van der Waals surface area contributed by atoms with E-state index in [1.165, 1.54) is 19.3 Å². The molecule has 1 aromatic heterocycles. The molecule has 0 saturated heterocycles. The lowest BCUT2D eigenvalue weighted by atomic mass is 10.2. The molecule has 0 unspecified atom stereocenters. The number of nitrogens with one attached hydrogen (secondary N) is 2. The zero-order valence-corrected chi connectivity index (χ0v) is 10.9. The van der Waals surface area contributed by atoms with Crippen molar-refractivity contribution in [3.8, 4) is 0 Å². The number of nitrogen functional groups attached to an aromatic ring is 1. The van der Waals surface area contributed by atoms with Gasteiger partial charge in [-0.3, -0.25) is 14.6 Å². The van der Waals surface area contributed by atoms with Crippen LogP contribution in [0.1, 0.15) is 17.3 Å². The van der Waals surface area contributed by atoms with Gasteiger partial charge >= 0.3 is 0 Å². The molecule has 2 aromatic rings. The van der Waals surface area contributed by atoms with E-state index in [4.69, 9.17) is 5.73 Å². The van der Waals surface area contributed by atoms with E-state index < -0.39 is 0 Å². The summed E-state index contributed by atoms with van der Waals surface area (Å²) in [5.74, 6) is -0.440. The Morgan fingerprint density at radius 1 is 1.05 bits per heavy atom. The fraction of sp³-hybridized carbons (Fsp3) is 0.0714. The van der Waals surface area contributed by atoms with E-state index in [0.717, 1.165) is 0 Å². The first-order chi connectivity index (χ1) is 9.54. The molecule has 1 heterocycles. The summed E-state index contributed by atoms with van der Waals surface area (Å²) in [4.78, 5) is 26.7. The zero-order chi connectivity index (χ0) is 14.5. The van der Waals surface area contributed by atoms with Crippen LogP contribution in [0.5, 0.6) is 0 Å². The second-order valence-corrected chi connectivity index (χ2v) is 4.22. The number of benzene rings is 1. The summed E-state index contributed by atoms with van der Waals surface area (Å²) in [7, 11) is 0. The molecule has 0 saturated carbocycles. The largest absolute Gasteiger partial charge is 0.397 e. The number of rotatable bonds is 3. The minimum atomic E-state index is -0.294. The molecule has 20 heavy (non-hydrogen) atoms. The van der Waals surface area contributed by atoms with Gasteiger partial charge in [0, 0.05) is 30.7 Å². The number of nitrogens with zero attached hydrogens (tertiary/aromatic N) is 1. The zero-order valence-electron chi connectivity index (χ0n) is 10.9. The summed E-state index contributed by atoms with van der Waals surface area (Å²) in [5, 5.41) is 5.37. The highest BCUT2D eigenvalue weighted by Crippen LogP contribution is 2.15. The number of nitrogens with two attached hydrogens (primary N) is 1. The predicted octanol–water partition coefficient (Wildman–Crippen LogP) is 1.87. The quantitative estimate of drug-likeness (QED) is 0.793. The molecular weight excluding hydrogens is 256 g/mol. The Hall–Kier alpha value is -2.89. The smallest absolute Gasteiger partial charge is 0.257 e. The summed E-state index contributed by atoms with van der Waals surface area (Å²) >= 11 is 0. The second-order valence-electron chi connectivity index (χ2n) is 4.22. The van der Waals surface area contributed by atoms with Crippen LogP contribution < -0.4 is 16.4 Å². The fourth-order valence-electron chi connectivity index (χ4n) is 1.63. The SMILES string of the molecule is CC(=O)Nc1ccc(NC(=O)c2cncc(N)c2)cc1. The maximum atomic E-state index is 12.0. The predicted molar refractivity (Wildman–Crippen MR) is 77.3 cm³/mol. The van der Waals surface area contributed by atoms with Crippen LogP contribution in [0, 0.1) is 0 Å². The highest BCUT2D eigenvalue weighted by Gasteiger charge is 2.07. The standard InChI is InChI=1S/C14H14N4O2/c1-9(19)17-12-2-4-13(5-3-12)18-14(20)10-6-11(15)8-16-7-10/h2-8H,15H2,1H3,(H,17,19)(H,18,20). The van der Waals surface area contributed by atoms with Crippen LogP contribution in [0.4, 0.5) is 17.1 Å². The molecule has 2 rings (SSSR count). The van der Waals surface area contributed by atoms with Gasteiger partial charge in [-0.25, -0.2) is 0 Å². The highest BCUT2D eigenvalue weighted by molar-refractivity contribution is 6.04. The lowest BCUT2D eigenvalue weighted by molar-refractivity contribution is -0.114. The number of carbonyl (C=O) groups is 2. The minimum absolute atomic E-state index is 0.146. The third-order valence-electron chi connectivity index (χ3n) is 2.48. The lowest BCUT2D eigenvalue weighted by Gasteiger charge is -2.07. The molecular formula is C14H14N4O2. The van der Waals surface area contributed by atoms with Gasteiger partial charge in [0.25, 0.3) is 5.91 Å². The number of carbonyl (C=O) groups excluding carboxylic acids is 2. The van der Waals surface area contributed by atoms with Gasteiger partial charge in [-0.05, 0) is 30.3 Å². The molecule has 6 nitrogen and oxygen atoms in total. The van der Waals surface area contributed by atoms with Crippen molar-refractivity contribution in [1.82, 2.24) is 4.98 Å². The average Bonchev–Trinajstić information content (AvgIpc) is 2.40. The van der Waals surface area contributed by atoms with Gasteiger partial charge in [-0.1, -0.05) is 0 Å². The molecule has 0 aliphatic rings. The monoisotopic (exact) mass is 270 g/mol. The van der Waals surface area contributed by atoms with Crippen LogP contribution in [0.15, 0.2) is 42.7 Å². The van der Waals surface area contributed by atoms with Gasteiger partial charge in [-0.15, -0.1) is 0 Å². The van der Waals surface area contributed by atoms with Gasteiger partial charge in [0.1, 0.15) is 0 Å². The Bertz CT molecular complexity index is 638. The summed E-state index contributed by atoms with van der Waals surface area (Å²) in [6, 6.07) is 8.35. The highest BCUT2D eigenvalue weighted by atomic mass is 16.2. The van der Waals surface area contributed by atoms with E-state index in [-0.39, 0.29) is 11.8 Å². The molecule has 0 aliphatic heterocycles. The first-order valence-corrected chi connectivity index (χ1v) is 5.94. The van der Waals surface area contributed by atoms with Crippen LogP contribution in [0.2, 0.25) is 0 Å². The summed E-state index contributed by atoms with van der Waals surface area (Å²) in [6.45, 7) is 1.43. The molecule has 0 fully saturated rings. The maximum Gasteiger partial charge on any atom is 0.257 e. The Kier molecular flexibility index (Phi) is 3.95. The first-order valence-electron chi connectivity index (χ1n) is 5.94.